The summed E-state index contributed by atoms with van der Waals surface area (Å²) in [6.45, 7) is 3.80. The lowest BCUT2D eigenvalue weighted by Crippen LogP contribution is -2.55. The number of likely N-dealkylation sites (tertiary alicyclic amines) is 2. The Kier molecular flexibility index (Phi) is 5.05. The third-order valence-electron chi connectivity index (χ3n) is 6.01. The van der Waals surface area contributed by atoms with Crippen LogP contribution in [0.2, 0.25) is 0 Å². The molecule has 2 amide bonds. The van der Waals surface area contributed by atoms with E-state index in [0.29, 0.717) is 29.6 Å². The zero-order valence-corrected chi connectivity index (χ0v) is 16.6. The molecule has 2 aliphatic rings. The van der Waals surface area contributed by atoms with Gasteiger partial charge < -0.3 is 14.7 Å². The molecule has 8 nitrogen and oxygen atoms in total. The predicted molar refractivity (Wildman–Crippen MR) is 104 cm³/mol. The standard InChI is InChI=1S/C20H27N5O3/c1-23(2)10-11-24-13-20(8-6-18(24)26)7-3-9-25(14-20)19(27)15-4-5-16-17(12-15)22-28-21-16/h4-5,12H,3,6-11,13-14H2,1-2H3. The number of carbonyl (C=O) groups is 2. The third kappa shape index (κ3) is 3.73. The lowest BCUT2D eigenvalue weighted by Gasteiger charge is -2.48. The quantitative estimate of drug-likeness (QED) is 0.796. The normalized spacial score (nSPS) is 23.2. The maximum Gasteiger partial charge on any atom is 0.253 e. The number of nitrogens with zero attached hydrogens (tertiary/aromatic N) is 5. The Balaban J connectivity index is 1.48. The van der Waals surface area contributed by atoms with Crippen molar-refractivity contribution >= 4 is 22.8 Å². The van der Waals surface area contributed by atoms with E-state index in [4.69, 9.17) is 4.63 Å². The molecule has 150 valence electrons. The highest BCUT2D eigenvalue weighted by Gasteiger charge is 2.42. The van der Waals surface area contributed by atoms with E-state index in [1.54, 1.807) is 18.2 Å². The van der Waals surface area contributed by atoms with Gasteiger partial charge in [-0.25, -0.2) is 4.63 Å². The molecule has 2 aromatic rings. The van der Waals surface area contributed by atoms with Gasteiger partial charge in [0, 0.05) is 50.1 Å². The Hall–Kier alpha value is -2.48. The van der Waals surface area contributed by atoms with Crippen LogP contribution in [-0.4, -0.2) is 83.6 Å². The van der Waals surface area contributed by atoms with E-state index in [-0.39, 0.29) is 17.2 Å². The van der Waals surface area contributed by atoms with Crippen molar-refractivity contribution in [3.63, 3.8) is 0 Å². The molecular formula is C20H27N5O3. The summed E-state index contributed by atoms with van der Waals surface area (Å²) in [4.78, 5) is 31.5. The molecule has 0 bridgehead atoms. The van der Waals surface area contributed by atoms with E-state index in [1.807, 2.05) is 23.9 Å². The van der Waals surface area contributed by atoms with Gasteiger partial charge in [-0.2, -0.15) is 0 Å². The second kappa shape index (κ2) is 7.50. The summed E-state index contributed by atoms with van der Waals surface area (Å²) in [5.41, 5.74) is 1.86. The summed E-state index contributed by atoms with van der Waals surface area (Å²) in [7, 11) is 4.04. The van der Waals surface area contributed by atoms with Gasteiger partial charge in [-0.3, -0.25) is 9.59 Å². The molecule has 2 aliphatic heterocycles. The van der Waals surface area contributed by atoms with E-state index in [0.717, 1.165) is 45.4 Å². The monoisotopic (exact) mass is 385 g/mol. The van der Waals surface area contributed by atoms with Gasteiger partial charge in [0.1, 0.15) is 11.0 Å². The number of aromatic nitrogens is 2. The van der Waals surface area contributed by atoms with Crippen LogP contribution in [0.5, 0.6) is 0 Å². The molecule has 0 saturated carbocycles. The maximum absolute atomic E-state index is 13.1. The van der Waals surface area contributed by atoms with Crippen molar-refractivity contribution in [2.75, 3.05) is 46.8 Å². The molecule has 2 saturated heterocycles. The fourth-order valence-electron chi connectivity index (χ4n) is 4.44. The van der Waals surface area contributed by atoms with Crippen LogP contribution in [0, 0.1) is 5.41 Å². The van der Waals surface area contributed by atoms with Gasteiger partial charge in [-0.1, -0.05) is 0 Å². The SMILES string of the molecule is CN(C)CCN1CC2(CCCN(C(=O)c3ccc4nonc4c3)C2)CCC1=O. The smallest absolute Gasteiger partial charge is 0.253 e. The average molecular weight is 385 g/mol. The van der Waals surface area contributed by atoms with E-state index in [1.165, 1.54) is 0 Å². The summed E-state index contributed by atoms with van der Waals surface area (Å²) in [5.74, 6) is 0.251. The van der Waals surface area contributed by atoms with Gasteiger partial charge in [0.15, 0.2) is 0 Å². The van der Waals surface area contributed by atoms with Crippen LogP contribution in [0.3, 0.4) is 0 Å². The van der Waals surface area contributed by atoms with E-state index < -0.39 is 0 Å². The molecule has 4 rings (SSSR count). The summed E-state index contributed by atoms with van der Waals surface area (Å²) in [5, 5.41) is 7.63. The molecule has 28 heavy (non-hydrogen) atoms. The fourth-order valence-corrected chi connectivity index (χ4v) is 4.44. The van der Waals surface area contributed by atoms with Crippen molar-refractivity contribution in [3.8, 4) is 0 Å². The van der Waals surface area contributed by atoms with Crippen LogP contribution in [0.25, 0.3) is 11.0 Å². The fraction of sp³-hybridized carbons (Fsp3) is 0.600. The minimum absolute atomic E-state index is 0.00762. The van der Waals surface area contributed by atoms with Crippen LogP contribution >= 0.6 is 0 Å². The summed E-state index contributed by atoms with van der Waals surface area (Å²) in [6.07, 6.45) is 3.47. The molecule has 1 spiro atoms. The van der Waals surface area contributed by atoms with Crippen LogP contribution < -0.4 is 0 Å². The van der Waals surface area contributed by atoms with Crippen LogP contribution in [0.15, 0.2) is 22.8 Å². The van der Waals surface area contributed by atoms with Gasteiger partial charge in [-0.15, -0.1) is 0 Å². The molecule has 0 N–H and O–H groups in total. The number of hydrogen-bond donors (Lipinski definition) is 0. The first-order valence-electron chi connectivity index (χ1n) is 9.90. The largest absolute Gasteiger partial charge is 0.341 e. The van der Waals surface area contributed by atoms with Crippen molar-refractivity contribution in [2.45, 2.75) is 25.7 Å². The van der Waals surface area contributed by atoms with Crippen LogP contribution in [0.1, 0.15) is 36.0 Å². The van der Waals surface area contributed by atoms with E-state index >= 15 is 0 Å². The lowest BCUT2D eigenvalue weighted by molar-refractivity contribution is -0.139. The number of likely N-dealkylation sites (N-methyl/N-ethyl adjacent to an activating group) is 1. The second-order valence-electron chi connectivity index (χ2n) is 8.42. The Morgan fingerprint density at radius 2 is 2.04 bits per heavy atom. The topological polar surface area (TPSA) is 82.8 Å². The first-order valence-corrected chi connectivity index (χ1v) is 9.90. The Bertz CT molecular complexity index is 880. The molecule has 8 heteroatoms. The minimum Gasteiger partial charge on any atom is -0.341 e. The van der Waals surface area contributed by atoms with Crippen molar-refractivity contribution in [2.24, 2.45) is 5.41 Å². The molecule has 1 aromatic heterocycles. The predicted octanol–water partition coefficient (Wildman–Crippen LogP) is 1.63. The number of fused-ring (bicyclic) bond motifs is 1. The van der Waals surface area contributed by atoms with Crippen molar-refractivity contribution in [3.05, 3.63) is 23.8 Å². The number of rotatable bonds is 4. The van der Waals surface area contributed by atoms with Gasteiger partial charge in [0.05, 0.1) is 0 Å². The van der Waals surface area contributed by atoms with Gasteiger partial charge in [-0.05, 0) is 61.9 Å². The van der Waals surface area contributed by atoms with Crippen molar-refractivity contribution < 1.29 is 14.2 Å². The lowest BCUT2D eigenvalue weighted by atomic mass is 9.73. The van der Waals surface area contributed by atoms with E-state index in [2.05, 4.69) is 15.2 Å². The number of benzene rings is 1. The minimum atomic E-state index is 0.00762. The number of piperidine rings is 2. The summed E-state index contributed by atoms with van der Waals surface area (Å²) in [6, 6.07) is 5.29. The highest BCUT2D eigenvalue weighted by molar-refractivity contribution is 5.97. The maximum atomic E-state index is 13.1. The van der Waals surface area contributed by atoms with Gasteiger partial charge in [0.25, 0.3) is 5.91 Å². The Morgan fingerprint density at radius 3 is 2.86 bits per heavy atom. The van der Waals surface area contributed by atoms with Crippen LogP contribution in [0.4, 0.5) is 0 Å². The highest BCUT2D eigenvalue weighted by Crippen LogP contribution is 2.39. The molecule has 2 fully saturated rings. The zero-order valence-electron chi connectivity index (χ0n) is 16.6. The summed E-state index contributed by atoms with van der Waals surface area (Å²) < 4.78 is 4.73. The van der Waals surface area contributed by atoms with Crippen LogP contribution in [-0.2, 0) is 4.79 Å². The molecule has 1 unspecified atom stereocenters. The summed E-state index contributed by atoms with van der Waals surface area (Å²) >= 11 is 0. The van der Waals surface area contributed by atoms with E-state index in [9.17, 15) is 9.59 Å². The zero-order chi connectivity index (χ0) is 19.7. The second-order valence-corrected chi connectivity index (χ2v) is 8.42. The first-order chi connectivity index (χ1) is 13.5. The first kappa shape index (κ1) is 18.9. The molecule has 0 aliphatic carbocycles. The molecule has 1 aromatic carbocycles. The van der Waals surface area contributed by atoms with Crippen molar-refractivity contribution in [1.82, 2.24) is 25.0 Å². The average Bonchev–Trinajstić information content (AvgIpc) is 3.16. The van der Waals surface area contributed by atoms with Crippen molar-refractivity contribution in [1.29, 1.82) is 0 Å². The number of carbonyl (C=O) groups excluding carboxylic acids is 2. The molecule has 0 radical (unpaired) electrons. The van der Waals surface area contributed by atoms with Gasteiger partial charge >= 0.3 is 0 Å². The number of hydrogen-bond acceptors (Lipinski definition) is 6. The molecular weight excluding hydrogens is 358 g/mol. The third-order valence-corrected chi connectivity index (χ3v) is 6.01. The Labute approximate surface area is 164 Å². The highest BCUT2D eigenvalue weighted by atomic mass is 16.6. The molecule has 1 atom stereocenters. The Morgan fingerprint density at radius 1 is 1.21 bits per heavy atom. The number of amides is 2. The van der Waals surface area contributed by atoms with Gasteiger partial charge in [0.2, 0.25) is 5.91 Å². The molecule has 3 heterocycles.